The number of carbonyl (C=O) groups excluding carboxylic acids is 1. The van der Waals surface area contributed by atoms with Crippen LogP contribution in [0.15, 0.2) is 24.3 Å². The minimum absolute atomic E-state index is 0.231. The zero-order chi connectivity index (χ0) is 17.7. The van der Waals surface area contributed by atoms with Crippen LogP contribution < -0.4 is 10.6 Å². The van der Waals surface area contributed by atoms with Gasteiger partial charge in [0.2, 0.25) is 0 Å². The van der Waals surface area contributed by atoms with Crippen molar-refractivity contribution in [3.8, 4) is 0 Å². The number of hydrogen-bond donors (Lipinski definition) is 3. The molecular formula is C16H22F3N3O2. The van der Waals surface area contributed by atoms with E-state index >= 15 is 0 Å². The maximum atomic E-state index is 12.2. The highest BCUT2D eigenvalue weighted by Crippen LogP contribution is 2.30. The number of nitrogens with one attached hydrogen (secondary N) is 2. The van der Waals surface area contributed by atoms with Crippen LogP contribution in [0.4, 0.5) is 18.0 Å². The van der Waals surface area contributed by atoms with Crippen molar-refractivity contribution in [3.63, 3.8) is 0 Å². The van der Waals surface area contributed by atoms with E-state index in [2.05, 4.69) is 10.6 Å². The van der Waals surface area contributed by atoms with Crippen molar-refractivity contribution in [2.45, 2.75) is 31.2 Å². The smallest absolute Gasteiger partial charge is 0.390 e. The van der Waals surface area contributed by atoms with Gasteiger partial charge in [-0.3, -0.25) is 4.90 Å². The average molecular weight is 345 g/mol. The van der Waals surface area contributed by atoms with E-state index in [1.54, 1.807) is 0 Å². The minimum atomic E-state index is -4.22. The van der Waals surface area contributed by atoms with Gasteiger partial charge in [-0.25, -0.2) is 4.79 Å². The van der Waals surface area contributed by atoms with Gasteiger partial charge in [0, 0.05) is 13.0 Å². The highest BCUT2D eigenvalue weighted by Gasteiger charge is 2.32. The average Bonchev–Trinajstić information content (AvgIpc) is 2.78. The molecule has 2 atom stereocenters. The van der Waals surface area contributed by atoms with E-state index in [0.29, 0.717) is 12.8 Å². The number of urea groups is 1. The fraction of sp³-hybridized carbons (Fsp3) is 0.562. The number of nitrogens with zero attached hydrogens (tertiary/aromatic N) is 1. The van der Waals surface area contributed by atoms with Crippen LogP contribution in [-0.2, 0) is 6.42 Å². The third-order valence-electron chi connectivity index (χ3n) is 3.94. The first-order valence-electron chi connectivity index (χ1n) is 7.82. The number of aliphatic hydroxyl groups is 1. The summed E-state index contributed by atoms with van der Waals surface area (Å²) in [5, 5.41) is 15.4. The zero-order valence-electron chi connectivity index (χ0n) is 13.4. The van der Waals surface area contributed by atoms with Crippen LogP contribution in [-0.4, -0.2) is 55.0 Å². The molecule has 5 nitrogen and oxygen atoms in total. The van der Waals surface area contributed by atoms with Gasteiger partial charge in [0.15, 0.2) is 0 Å². The van der Waals surface area contributed by atoms with Crippen molar-refractivity contribution >= 4 is 6.03 Å². The number of carbonyl (C=O) groups is 1. The number of amides is 2. The molecule has 0 spiro atoms. The maximum absolute atomic E-state index is 12.2. The van der Waals surface area contributed by atoms with Crippen molar-refractivity contribution in [3.05, 3.63) is 35.4 Å². The fourth-order valence-electron chi connectivity index (χ4n) is 2.88. The molecule has 3 N–H and O–H groups in total. The van der Waals surface area contributed by atoms with Crippen molar-refractivity contribution in [1.82, 2.24) is 15.5 Å². The summed E-state index contributed by atoms with van der Waals surface area (Å²) in [7, 11) is 1.39. The molecule has 1 aromatic carbocycles. The van der Waals surface area contributed by atoms with E-state index in [-0.39, 0.29) is 13.1 Å². The fourth-order valence-corrected chi connectivity index (χ4v) is 2.88. The quantitative estimate of drug-likeness (QED) is 0.689. The summed E-state index contributed by atoms with van der Waals surface area (Å²) in [4.78, 5) is 13.1. The van der Waals surface area contributed by atoms with Crippen LogP contribution in [0.3, 0.4) is 0 Å². The molecule has 2 amide bonds. The van der Waals surface area contributed by atoms with Crippen molar-refractivity contribution in [1.29, 1.82) is 0 Å². The Morgan fingerprint density at radius 1 is 1.38 bits per heavy atom. The second-order valence-corrected chi connectivity index (χ2v) is 6.05. The molecule has 134 valence electrons. The molecule has 0 fully saturated rings. The number of benzene rings is 1. The first-order valence-corrected chi connectivity index (χ1v) is 7.82. The molecule has 0 bridgehead atoms. The van der Waals surface area contributed by atoms with Crippen molar-refractivity contribution < 1.29 is 23.1 Å². The summed E-state index contributed by atoms with van der Waals surface area (Å²) in [6, 6.07) is 6.60. The molecule has 1 aromatic rings. The summed E-state index contributed by atoms with van der Waals surface area (Å²) in [6.07, 6.45) is -4.00. The van der Waals surface area contributed by atoms with Crippen LogP contribution in [0.2, 0.25) is 0 Å². The highest BCUT2D eigenvalue weighted by atomic mass is 19.4. The van der Waals surface area contributed by atoms with E-state index in [1.165, 1.54) is 7.05 Å². The molecule has 0 aromatic heterocycles. The lowest BCUT2D eigenvalue weighted by molar-refractivity contribution is -0.143. The summed E-state index contributed by atoms with van der Waals surface area (Å²) in [5.41, 5.74) is 1.90. The third-order valence-corrected chi connectivity index (χ3v) is 3.94. The summed E-state index contributed by atoms with van der Waals surface area (Å²) >= 11 is 0. The number of fused-ring (bicyclic) bond motifs is 1. The van der Waals surface area contributed by atoms with E-state index in [1.807, 2.05) is 24.3 Å². The van der Waals surface area contributed by atoms with E-state index < -0.39 is 30.9 Å². The predicted octanol–water partition coefficient (Wildman–Crippen LogP) is 1.83. The molecular weight excluding hydrogens is 323 g/mol. The first kappa shape index (κ1) is 18.5. The topological polar surface area (TPSA) is 64.6 Å². The Bertz CT molecular complexity index is 566. The van der Waals surface area contributed by atoms with Gasteiger partial charge in [-0.05, 0) is 31.1 Å². The molecule has 2 rings (SSSR count). The molecule has 24 heavy (non-hydrogen) atoms. The highest BCUT2D eigenvalue weighted by molar-refractivity contribution is 5.74. The minimum Gasteiger partial charge on any atom is -0.390 e. The van der Waals surface area contributed by atoms with E-state index in [4.69, 9.17) is 0 Å². The number of rotatable bonds is 6. The van der Waals surface area contributed by atoms with Gasteiger partial charge in [0.1, 0.15) is 0 Å². The van der Waals surface area contributed by atoms with Crippen LogP contribution in [0.25, 0.3) is 0 Å². The van der Waals surface area contributed by atoms with Crippen LogP contribution in [0.1, 0.15) is 23.6 Å². The van der Waals surface area contributed by atoms with Gasteiger partial charge in [0.05, 0.1) is 18.7 Å². The van der Waals surface area contributed by atoms with Crippen LogP contribution in [0.5, 0.6) is 0 Å². The summed E-state index contributed by atoms with van der Waals surface area (Å²) in [6.45, 7) is -0.475. The van der Waals surface area contributed by atoms with Gasteiger partial charge in [-0.15, -0.1) is 0 Å². The van der Waals surface area contributed by atoms with Crippen LogP contribution in [0, 0.1) is 0 Å². The molecule has 1 aliphatic rings. The number of hydrogen-bond acceptors (Lipinski definition) is 3. The monoisotopic (exact) mass is 345 g/mol. The standard InChI is InChI=1S/C16H22F3N3O2/c1-22(10-16(17,18)19)8-4-7-20-15(24)21-14-12-6-3-2-5-11(12)9-13(14)23/h2-3,5-6,13-14,23H,4,7-10H2,1H3,(H2,20,21,24). The van der Waals surface area contributed by atoms with Gasteiger partial charge in [-0.2, -0.15) is 13.2 Å². The van der Waals surface area contributed by atoms with Crippen molar-refractivity contribution in [2.24, 2.45) is 0 Å². The molecule has 2 unspecified atom stereocenters. The Hall–Kier alpha value is -1.80. The Balaban J connectivity index is 1.71. The second kappa shape index (κ2) is 7.85. The lowest BCUT2D eigenvalue weighted by Crippen LogP contribution is -2.42. The molecule has 8 heteroatoms. The number of aliphatic hydroxyl groups excluding tert-OH is 1. The van der Waals surface area contributed by atoms with Gasteiger partial charge in [-0.1, -0.05) is 24.3 Å². The molecule has 0 saturated heterocycles. The largest absolute Gasteiger partial charge is 0.401 e. The molecule has 0 saturated carbocycles. The Labute approximate surface area is 138 Å². The zero-order valence-corrected chi connectivity index (χ0v) is 13.4. The number of alkyl halides is 3. The lowest BCUT2D eigenvalue weighted by atomic mass is 10.1. The SMILES string of the molecule is CN(CCCNC(=O)NC1c2ccccc2CC1O)CC(F)(F)F. The van der Waals surface area contributed by atoms with Gasteiger partial charge < -0.3 is 15.7 Å². The first-order chi connectivity index (χ1) is 11.3. The molecule has 1 aliphatic carbocycles. The van der Waals surface area contributed by atoms with Crippen molar-refractivity contribution in [2.75, 3.05) is 26.7 Å². The van der Waals surface area contributed by atoms with Gasteiger partial charge >= 0.3 is 12.2 Å². The Morgan fingerprint density at radius 3 is 2.79 bits per heavy atom. The normalized spacial score (nSPS) is 20.1. The molecule has 0 radical (unpaired) electrons. The molecule has 0 aliphatic heterocycles. The maximum Gasteiger partial charge on any atom is 0.401 e. The van der Waals surface area contributed by atoms with E-state index in [0.717, 1.165) is 16.0 Å². The van der Waals surface area contributed by atoms with E-state index in [9.17, 15) is 23.1 Å². The number of halogens is 3. The lowest BCUT2D eigenvalue weighted by Gasteiger charge is -2.20. The predicted molar refractivity (Wildman–Crippen MR) is 83.6 cm³/mol. The Kier molecular flexibility index (Phi) is 6.06. The van der Waals surface area contributed by atoms with Crippen LogP contribution >= 0.6 is 0 Å². The summed E-state index contributed by atoms with van der Waals surface area (Å²) in [5.74, 6) is 0. The second-order valence-electron chi connectivity index (χ2n) is 6.05. The third kappa shape index (κ3) is 5.38. The summed E-state index contributed by atoms with van der Waals surface area (Å²) < 4.78 is 36.6. The van der Waals surface area contributed by atoms with Gasteiger partial charge in [0.25, 0.3) is 0 Å². The Morgan fingerprint density at radius 2 is 2.08 bits per heavy atom. The molecule has 0 heterocycles.